The molecule has 1 heterocycles. The Balaban J connectivity index is 1.78. The van der Waals surface area contributed by atoms with Gasteiger partial charge in [-0.2, -0.15) is 0 Å². The van der Waals surface area contributed by atoms with Gasteiger partial charge in [0, 0.05) is 6.54 Å². The first kappa shape index (κ1) is 17.2. The van der Waals surface area contributed by atoms with E-state index in [0.29, 0.717) is 13.2 Å². The van der Waals surface area contributed by atoms with E-state index in [-0.39, 0.29) is 18.9 Å². The molecule has 0 aliphatic carbocycles. The van der Waals surface area contributed by atoms with Gasteiger partial charge in [-0.1, -0.05) is 24.3 Å². The summed E-state index contributed by atoms with van der Waals surface area (Å²) in [5.41, 5.74) is 0.933. The summed E-state index contributed by atoms with van der Waals surface area (Å²) >= 11 is 0. The fourth-order valence-electron chi connectivity index (χ4n) is 3.02. The number of esters is 1. The summed E-state index contributed by atoms with van der Waals surface area (Å²) in [6.07, 6.45) is -0.450. The molecule has 0 unspecified atom stereocenters. The lowest BCUT2D eigenvalue weighted by Crippen LogP contribution is -2.49. The number of carbonyl (C=O) groups is 2. The molecule has 1 atom stereocenters. The van der Waals surface area contributed by atoms with E-state index in [9.17, 15) is 9.59 Å². The van der Waals surface area contributed by atoms with Gasteiger partial charge in [0.25, 0.3) is 0 Å². The van der Waals surface area contributed by atoms with Crippen molar-refractivity contribution in [2.45, 2.75) is 12.5 Å². The van der Waals surface area contributed by atoms with Crippen LogP contribution in [0.15, 0.2) is 36.4 Å². The van der Waals surface area contributed by atoms with Gasteiger partial charge in [-0.05, 0) is 28.5 Å². The molecule has 0 saturated carbocycles. The number of morpholine rings is 1. The number of benzene rings is 2. The van der Waals surface area contributed by atoms with Gasteiger partial charge in [0.1, 0.15) is 5.75 Å². The Morgan fingerprint density at radius 3 is 2.84 bits per heavy atom. The predicted molar refractivity (Wildman–Crippen MR) is 92.5 cm³/mol. The number of nitrogens with zero attached hydrogens (tertiary/aromatic N) is 1. The SMILES string of the molecule is COC(=O)[C@@H]1CN(C(=O)Cc2cccc3ccc(OC)cc23)CCO1. The van der Waals surface area contributed by atoms with Gasteiger partial charge >= 0.3 is 5.97 Å². The highest BCUT2D eigenvalue weighted by Gasteiger charge is 2.29. The second-order valence-corrected chi connectivity index (χ2v) is 5.90. The molecule has 1 saturated heterocycles. The van der Waals surface area contributed by atoms with Crippen LogP contribution in [0.2, 0.25) is 0 Å². The molecule has 2 aromatic rings. The van der Waals surface area contributed by atoms with E-state index in [2.05, 4.69) is 0 Å². The van der Waals surface area contributed by atoms with E-state index < -0.39 is 12.1 Å². The number of methoxy groups -OCH3 is 2. The van der Waals surface area contributed by atoms with Crippen LogP contribution in [0.4, 0.5) is 0 Å². The molecule has 6 nitrogen and oxygen atoms in total. The molecule has 0 spiro atoms. The Kier molecular flexibility index (Phi) is 5.19. The number of rotatable bonds is 4. The molecule has 6 heteroatoms. The van der Waals surface area contributed by atoms with Crippen LogP contribution in [0, 0.1) is 0 Å². The smallest absolute Gasteiger partial charge is 0.336 e. The monoisotopic (exact) mass is 343 g/mol. The molecule has 0 N–H and O–H groups in total. The zero-order valence-corrected chi connectivity index (χ0v) is 14.4. The molecular formula is C19H21NO5. The standard InChI is InChI=1S/C19H21NO5/c1-23-15-7-6-13-4-3-5-14(16(13)11-15)10-18(21)20-8-9-25-17(12-20)19(22)24-2/h3-7,11,17H,8-10,12H2,1-2H3/t17-/m0/s1. The van der Waals surface area contributed by atoms with E-state index >= 15 is 0 Å². The van der Waals surface area contributed by atoms with Gasteiger partial charge in [0.2, 0.25) is 5.91 Å². The van der Waals surface area contributed by atoms with Crippen molar-refractivity contribution in [2.24, 2.45) is 0 Å². The quantitative estimate of drug-likeness (QED) is 0.792. The average molecular weight is 343 g/mol. The number of ether oxygens (including phenoxy) is 3. The highest BCUT2D eigenvalue weighted by atomic mass is 16.6. The van der Waals surface area contributed by atoms with Gasteiger partial charge in [0.15, 0.2) is 6.10 Å². The number of carbonyl (C=O) groups excluding carboxylic acids is 2. The van der Waals surface area contributed by atoms with Crippen LogP contribution in [-0.4, -0.2) is 56.8 Å². The lowest BCUT2D eigenvalue weighted by atomic mass is 10.0. The summed E-state index contributed by atoms with van der Waals surface area (Å²) in [6, 6.07) is 11.7. The Labute approximate surface area is 146 Å². The van der Waals surface area contributed by atoms with E-state index in [4.69, 9.17) is 14.2 Å². The molecule has 0 bridgehead atoms. The van der Waals surface area contributed by atoms with Crippen molar-refractivity contribution >= 4 is 22.6 Å². The summed E-state index contributed by atoms with van der Waals surface area (Å²) < 4.78 is 15.4. The Morgan fingerprint density at radius 1 is 1.24 bits per heavy atom. The highest BCUT2D eigenvalue weighted by molar-refractivity contribution is 5.91. The average Bonchev–Trinajstić information content (AvgIpc) is 2.67. The van der Waals surface area contributed by atoms with Gasteiger partial charge in [-0.25, -0.2) is 4.79 Å². The second-order valence-electron chi connectivity index (χ2n) is 5.90. The minimum Gasteiger partial charge on any atom is -0.497 e. The summed E-state index contributed by atoms with van der Waals surface area (Å²) in [5.74, 6) is 0.268. The van der Waals surface area contributed by atoms with Gasteiger partial charge in [-0.15, -0.1) is 0 Å². The topological polar surface area (TPSA) is 65.1 Å². The van der Waals surface area contributed by atoms with Gasteiger partial charge in [0.05, 0.1) is 33.8 Å². The third-order valence-corrected chi connectivity index (χ3v) is 4.40. The number of amides is 1. The molecule has 132 valence electrons. The van der Waals surface area contributed by atoms with Crippen molar-refractivity contribution in [3.63, 3.8) is 0 Å². The van der Waals surface area contributed by atoms with Crippen LogP contribution < -0.4 is 4.74 Å². The highest BCUT2D eigenvalue weighted by Crippen LogP contribution is 2.25. The molecule has 2 aromatic carbocycles. The van der Waals surface area contributed by atoms with Crippen molar-refractivity contribution in [1.82, 2.24) is 4.90 Å². The fourth-order valence-corrected chi connectivity index (χ4v) is 3.02. The van der Waals surface area contributed by atoms with Crippen molar-refractivity contribution < 1.29 is 23.8 Å². The molecule has 25 heavy (non-hydrogen) atoms. The minimum absolute atomic E-state index is 0.0347. The maximum atomic E-state index is 12.7. The summed E-state index contributed by atoms with van der Waals surface area (Å²) in [6.45, 7) is 1.02. The van der Waals surface area contributed by atoms with E-state index in [1.165, 1.54) is 7.11 Å². The van der Waals surface area contributed by atoms with E-state index in [1.54, 1.807) is 12.0 Å². The van der Waals surface area contributed by atoms with Gasteiger partial charge in [-0.3, -0.25) is 4.79 Å². The van der Waals surface area contributed by atoms with Crippen LogP contribution in [0.25, 0.3) is 10.8 Å². The molecule has 1 aliphatic rings. The van der Waals surface area contributed by atoms with Crippen LogP contribution in [0.3, 0.4) is 0 Å². The Morgan fingerprint density at radius 2 is 2.08 bits per heavy atom. The van der Waals surface area contributed by atoms with E-state index in [0.717, 1.165) is 22.1 Å². The molecular weight excluding hydrogens is 322 g/mol. The fraction of sp³-hybridized carbons (Fsp3) is 0.368. The zero-order chi connectivity index (χ0) is 17.8. The second kappa shape index (κ2) is 7.53. The third-order valence-electron chi connectivity index (χ3n) is 4.40. The first-order valence-corrected chi connectivity index (χ1v) is 8.15. The Bertz CT molecular complexity index is 788. The van der Waals surface area contributed by atoms with Crippen molar-refractivity contribution in [1.29, 1.82) is 0 Å². The van der Waals surface area contributed by atoms with E-state index in [1.807, 2.05) is 36.4 Å². The molecule has 3 rings (SSSR count). The summed E-state index contributed by atoms with van der Waals surface area (Å²) in [5, 5.41) is 2.05. The van der Waals surface area contributed by atoms with Crippen molar-refractivity contribution in [2.75, 3.05) is 33.9 Å². The lowest BCUT2D eigenvalue weighted by molar-refractivity contribution is -0.162. The van der Waals surface area contributed by atoms with Crippen LogP contribution in [-0.2, 0) is 25.5 Å². The number of fused-ring (bicyclic) bond motifs is 1. The molecule has 0 radical (unpaired) electrons. The first-order chi connectivity index (χ1) is 12.1. The maximum Gasteiger partial charge on any atom is 0.336 e. The molecule has 1 aliphatic heterocycles. The molecule has 1 amide bonds. The molecule has 1 fully saturated rings. The van der Waals surface area contributed by atoms with Crippen LogP contribution in [0.5, 0.6) is 5.75 Å². The normalized spacial score (nSPS) is 17.4. The number of hydrogen-bond donors (Lipinski definition) is 0. The lowest BCUT2D eigenvalue weighted by Gasteiger charge is -2.31. The Hall–Kier alpha value is -2.60. The van der Waals surface area contributed by atoms with Gasteiger partial charge < -0.3 is 19.1 Å². The zero-order valence-electron chi connectivity index (χ0n) is 14.4. The van der Waals surface area contributed by atoms with Crippen LogP contribution in [0.1, 0.15) is 5.56 Å². The largest absolute Gasteiger partial charge is 0.497 e. The maximum absolute atomic E-state index is 12.7. The van der Waals surface area contributed by atoms with Crippen LogP contribution >= 0.6 is 0 Å². The third kappa shape index (κ3) is 3.74. The summed E-state index contributed by atoms with van der Waals surface area (Å²) in [7, 11) is 2.94. The first-order valence-electron chi connectivity index (χ1n) is 8.15. The van der Waals surface area contributed by atoms with Crippen molar-refractivity contribution in [3.05, 3.63) is 42.0 Å². The molecule has 0 aromatic heterocycles. The predicted octanol–water partition coefficient (Wildman–Crippen LogP) is 1.79. The summed E-state index contributed by atoms with van der Waals surface area (Å²) in [4.78, 5) is 26.0. The number of hydrogen-bond acceptors (Lipinski definition) is 5. The minimum atomic E-state index is -0.713. The van der Waals surface area contributed by atoms with Crippen molar-refractivity contribution in [3.8, 4) is 5.75 Å².